The van der Waals surface area contributed by atoms with Gasteiger partial charge in [-0.1, -0.05) is 19.3 Å². The van der Waals surface area contributed by atoms with Gasteiger partial charge in [0.05, 0.1) is 5.39 Å². The first-order chi connectivity index (χ1) is 13.0. The Morgan fingerprint density at radius 1 is 1.07 bits per heavy atom. The molecule has 0 aliphatic rings. The monoisotopic (exact) mass is 377 g/mol. The van der Waals surface area contributed by atoms with E-state index < -0.39 is 5.97 Å². The first-order valence-corrected chi connectivity index (χ1v) is 9.31. The second kappa shape index (κ2) is 10.3. The second-order valence-electron chi connectivity index (χ2n) is 6.62. The quantitative estimate of drug-likeness (QED) is 0.355. The molecule has 2 aromatic rings. The number of carboxylic acid groups (broad SMARTS) is 1. The number of nitrogens with one attached hydrogen (secondary N) is 3. The molecule has 1 amide bonds. The Morgan fingerprint density at radius 2 is 1.81 bits per heavy atom. The molecule has 0 fully saturated rings. The number of carbonyl (C=O) groups is 2. The van der Waals surface area contributed by atoms with Gasteiger partial charge in [-0.3, -0.25) is 19.4 Å². The Hall–Kier alpha value is -2.84. The fraction of sp³-hybridized carbons (Fsp3) is 0.556. The molecule has 27 heavy (non-hydrogen) atoms. The predicted octanol–water partition coefficient (Wildman–Crippen LogP) is 1.70. The largest absolute Gasteiger partial charge is 0.481 e. The van der Waals surface area contributed by atoms with Crippen LogP contribution in [0.5, 0.6) is 0 Å². The minimum Gasteiger partial charge on any atom is -0.481 e. The molecule has 0 spiro atoms. The fourth-order valence-corrected chi connectivity index (χ4v) is 2.91. The molecule has 2 heterocycles. The van der Waals surface area contributed by atoms with Gasteiger partial charge in [-0.15, -0.1) is 0 Å². The average Bonchev–Trinajstić information content (AvgIpc) is 3.01. The number of aliphatic carboxylic acids is 1. The van der Waals surface area contributed by atoms with Gasteiger partial charge < -0.3 is 21.1 Å². The summed E-state index contributed by atoms with van der Waals surface area (Å²) in [5.74, 6) is -0.758. The molecule has 2 rings (SSSR count). The number of carbonyl (C=O) groups excluding carboxylic acids is 1. The van der Waals surface area contributed by atoms with Crippen molar-refractivity contribution in [2.24, 2.45) is 0 Å². The van der Waals surface area contributed by atoms with Gasteiger partial charge in [0, 0.05) is 25.1 Å². The number of anilines is 1. The number of aromatic nitrogens is 3. The third-order valence-electron chi connectivity index (χ3n) is 4.31. The van der Waals surface area contributed by atoms with Gasteiger partial charge in [0.2, 0.25) is 11.9 Å². The summed E-state index contributed by atoms with van der Waals surface area (Å²) in [6.45, 7) is 0.416. The summed E-state index contributed by atoms with van der Waals surface area (Å²) in [5, 5.41) is 11.8. The number of fused-ring (bicyclic) bond motifs is 1. The SMILES string of the molecule is Nc1nc2[nH]c(CCCCCCCC(=O)NCCCC(=O)O)cc2c(=O)[nH]1. The Morgan fingerprint density at radius 3 is 2.59 bits per heavy atom. The predicted molar refractivity (Wildman–Crippen MR) is 102 cm³/mol. The number of hydrogen-bond donors (Lipinski definition) is 5. The van der Waals surface area contributed by atoms with Crippen molar-refractivity contribution in [3.8, 4) is 0 Å². The van der Waals surface area contributed by atoms with Crippen LogP contribution in [0, 0.1) is 0 Å². The lowest BCUT2D eigenvalue weighted by atomic mass is 10.1. The van der Waals surface area contributed by atoms with Crippen molar-refractivity contribution in [2.45, 2.75) is 57.8 Å². The van der Waals surface area contributed by atoms with Gasteiger partial charge in [0.25, 0.3) is 5.56 Å². The van der Waals surface area contributed by atoms with E-state index in [9.17, 15) is 14.4 Å². The molecule has 6 N–H and O–H groups in total. The molecule has 9 nitrogen and oxygen atoms in total. The van der Waals surface area contributed by atoms with E-state index >= 15 is 0 Å². The van der Waals surface area contributed by atoms with Gasteiger partial charge in [-0.25, -0.2) is 0 Å². The second-order valence-corrected chi connectivity index (χ2v) is 6.62. The number of unbranched alkanes of at least 4 members (excludes halogenated alkanes) is 4. The Labute approximate surface area is 156 Å². The van der Waals surface area contributed by atoms with Gasteiger partial charge >= 0.3 is 5.97 Å². The molecule has 0 unspecified atom stereocenters. The number of rotatable bonds is 12. The van der Waals surface area contributed by atoms with E-state index in [0.717, 1.165) is 44.2 Å². The van der Waals surface area contributed by atoms with Crippen molar-refractivity contribution in [3.05, 3.63) is 22.1 Å². The van der Waals surface area contributed by atoms with E-state index in [-0.39, 0.29) is 23.8 Å². The normalized spacial score (nSPS) is 11.0. The van der Waals surface area contributed by atoms with Crippen LogP contribution < -0.4 is 16.6 Å². The summed E-state index contributed by atoms with van der Waals surface area (Å²) in [6, 6.07) is 1.81. The third kappa shape index (κ3) is 7.12. The summed E-state index contributed by atoms with van der Waals surface area (Å²) in [6.07, 6.45) is 6.73. The molecule has 0 aliphatic heterocycles. The van der Waals surface area contributed by atoms with Crippen molar-refractivity contribution in [3.63, 3.8) is 0 Å². The van der Waals surface area contributed by atoms with Crippen molar-refractivity contribution >= 4 is 28.9 Å². The number of H-pyrrole nitrogens is 2. The molecule has 0 atom stereocenters. The van der Waals surface area contributed by atoms with Crippen LogP contribution >= 0.6 is 0 Å². The average molecular weight is 377 g/mol. The number of nitrogen functional groups attached to an aromatic ring is 1. The highest BCUT2D eigenvalue weighted by molar-refractivity contribution is 5.76. The summed E-state index contributed by atoms with van der Waals surface area (Å²) in [4.78, 5) is 43.4. The molecular formula is C18H27N5O4. The first-order valence-electron chi connectivity index (χ1n) is 9.31. The van der Waals surface area contributed by atoms with Crippen molar-refractivity contribution in [1.29, 1.82) is 0 Å². The van der Waals surface area contributed by atoms with Crippen molar-refractivity contribution in [2.75, 3.05) is 12.3 Å². The van der Waals surface area contributed by atoms with Gasteiger partial charge in [-0.2, -0.15) is 4.98 Å². The number of nitrogens with zero attached hydrogens (tertiary/aromatic N) is 1. The number of nitrogens with two attached hydrogens (primary N) is 1. The third-order valence-corrected chi connectivity index (χ3v) is 4.31. The van der Waals surface area contributed by atoms with Crippen LogP contribution in [0.2, 0.25) is 0 Å². The molecule has 9 heteroatoms. The Bertz CT molecular complexity index is 827. The van der Waals surface area contributed by atoms with E-state index in [0.29, 0.717) is 30.4 Å². The summed E-state index contributed by atoms with van der Waals surface area (Å²) < 4.78 is 0. The maximum atomic E-state index is 11.8. The van der Waals surface area contributed by atoms with Gasteiger partial charge in [0.15, 0.2) is 0 Å². The molecule has 0 aliphatic carbocycles. The highest BCUT2D eigenvalue weighted by Crippen LogP contribution is 2.13. The number of aromatic amines is 2. The summed E-state index contributed by atoms with van der Waals surface area (Å²) >= 11 is 0. The lowest BCUT2D eigenvalue weighted by Gasteiger charge is -2.04. The zero-order valence-electron chi connectivity index (χ0n) is 15.3. The zero-order valence-corrected chi connectivity index (χ0v) is 15.3. The summed E-state index contributed by atoms with van der Waals surface area (Å²) in [7, 11) is 0. The minimum absolute atomic E-state index is 0.0181. The highest BCUT2D eigenvalue weighted by atomic mass is 16.4. The van der Waals surface area contributed by atoms with Crippen molar-refractivity contribution < 1.29 is 14.7 Å². The lowest BCUT2D eigenvalue weighted by Crippen LogP contribution is -2.24. The van der Waals surface area contributed by atoms with E-state index in [1.165, 1.54) is 0 Å². The van der Waals surface area contributed by atoms with Crippen LogP contribution in [0.3, 0.4) is 0 Å². The van der Waals surface area contributed by atoms with Crippen molar-refractivity contribution in [1.82, 2.24) is 20.3 Å². The standard InChI is InChI=1S/C18H27N5O4/c19-18-22-16-13(17(27)23-18)11-12(21-16)7-4-2-1-3-5-8-14(24)20-10-6-9-15(25)26/h11H,1-10H2,(H,20,24)(H,25,26)(H4,19,21,22,23,27). The van der Waals surface area contributed by atoms with Crippen LogP contribution in [-0.4, -0.2) is 38.5 Å². The molecule has 0 radical (unpaired) electrons. The zero-order chi connectivity index (χ0) is 19.6. The lowest BCUT2D eigenvalue weighted by molar-refractivity contribution is -0.137. The fourth-order valence-electron chi connectivity index (χ4n) is 2.91. The van der Waals surface area contributed by atoms with E-state index in [1.54, 1.807) is 0 Å². The van der Waals surface area contributed by atoms with E-state index in [4.69, 9.17) is 10.8 Å². The van der Waals surface area contributed by atoms with E-state index in [2.05, 4.69) is 20.3 Å². The topological polar surface area (TPSA) is 154 Å². The van der Waals surface area contributed by atoms with Crippen LogP contribution in [-0.2, 0) is 16.0 Å². The number of hydrogen-bond acceptors (Lipinski definition) is 5. The molecule has 0 aromatic carbocycles. The van der Waals surface area contributed by atoms with E-state index in [1.807, 2.05) is 6.07 Å². The number of aryl methyl sites for hydroxylation is 1. The highest BCUT2D eigenvalue weighted by Gasteiger charge is 2.07. The smallest absolute Gasteiger partial charge is 0.303 e. The first kappa shape index (κ1) is 20.5. The number of amides is 1. The molecule has 2 aromatic heterocycles. The minimum atomic E-state index is -0.844. The maximum absolute atomic E-state index is 11.8. The van der Waals surface area contributed by atoms with Gasteiger partial charge in [0.1, 0.15) is 5.65 Å². The molecular weight excluding hydrogens is 350 g/mol. The van der Waals surface area contributed by atoms with Crippen LogP contribution in [0.1, 0.15) is 57.1 Å². The molecule has 0 bridgehead atoms. The maximum Gasteiger partial charge on any atom is 0.303 e. The number of carboxylic acids is 1. The molecule has 0 saturated heterocycles. The molecule has 148 valence electrons. The van der Waals surface area contributed by atoms with Crippen LogP contribution in [0.4, 0.5) is 5.95 Å². The van der Waals surface area contributed by atoms with Crippen LogP contribution in [0.25, 0.3) is 11.0 Å². The Kier molecular flexibility index (Phi) is 7.84. The molecule has 0 saturated carbocycles. The Balaban J connectivity index is 1.55. The van der Waals surface area contributed by atoms with Gasteiger partial charge in [-0.05, 0) is 31.7 Å². The van der Waals surface area contributed by atoms with Crippen LogP contribution in [0.15, 0.2) is 10.9 Å². The summed E-state index contributed by atoms with van der Waals surface area (Å²) in [5.41, 5.74) is 6.78.